The summed E-state index contributed by atoms with van der Waals surface area (Å²) in [5.74, 6) is -0.680. The van der Waals surface area contributed by atoms with E-state index in [0.717, 1.165) is 36.7 Å². The van der Waals surface area contributed by atoms with Gasteiger partial charge in [-0.2, -0.15) is 0 Å². The molecule has 5 heteroatoms. The van der Waals surface area contributed by atoms with Crippen LogP contribution in [0.4, 0.5) is 0 Å². The number of thiophene rings is 1. The lowest BCUT2D eigenvalue weighted by molar-refractivity contribution is -0.141. The molecule has 2 rings (SSSR count). The Kier molecular flexibility index (Phi) is 5.03. The molecule has 1 aromatic rings. The highest BCUT2D eigenvalue weighted by atomic mass is 79.9. The number of nitrogens with zero attached hydrogens (tertiary/aromatic N) is 1. The zero-order valence-electron chi connectivity index (χ0n) is 11.2. The monoisotopic (exact) mass is 345 g/mol. The van der Waals surface area contributed by atoms with Crippen molar-refractivity contribution in [3.8, 4) is 0 Å². The fourth-order valence-electron chi connectivity index (χ4n) is 3.02. The summed E-state index contributed by atoms with van der Waals surface area (Å²) in [6, 6.07) is 2.12. The third-order valence-corrected chi connectivity index (χ3v) is 5.77. The molecule has 0 aromatic carbocycles. The van der Waals surface area contributed by atoms with Crippen LogP contribution in [-0.2, 0) is 11.3 Å². The minimum atomic E-state index is -0.680. The van der Waals surface area contributed by atoms with Gasteiger partial charge in [0.25, 0.3) is 0 Å². The smallest absolute Gasteiger partial charge is 0.305 e. The molecule has 0 amide bonds. The SMILES string of the molecule is CN(Cc1cc(Br)cs1)C1(CC(=O)O)CCCCC1. The summed E-state index contributed by atoms with van der Waals surface area (Å²) in [5.41, 5.74) is -0.152. The van der Waals surface area contributed by atoms with E-state index in [4.69, 9.17) is 0 Å². The number of carbonyl (C=O) groups is 1. The lowest BCUT2D eigenvalue weighted by atomic mass is 9.78. The molecule has 1 saturated carbocycles. The first-order valence-corrected chi connectivity index (χ1v) is 8.35. The van der Waals surface area contributed by atoms with Crippen molar-refractivity contribution in [1.82, 2.24) is 4.90 Å². The Morgan fingerprint density at radius 3 is 2.68 bits per heavy atom. The van der Waals surface area contributed by atoms with E-state index in [1.54, 1.807) is 11.3 Å². The average molecular weight is 346 g/mol. The van der Waals surface area contributed by atoms with Crippen LogP contribution in [0.3, 0.4) is 0 Å². The van der Waals surface area contributed by atoms with Crippen molar-refractivity contribution in [3.63, 3.8) is 0 Å². The maximum absolute atomic E-state index is 11.2. The van der Waals surface area contributed by atoms with Crippen molar-refractivity contribution in [2.45, 2.75) is 50.6 Å². The van der Waals surface area contributed by atoms with Crippen LogP contribution in [0.5, 0.6) is 0 Å². The van der Waals surface area contributed by atoms with Gasteiger partial charge in [0.05, 0.1) is 6.42 Å². The van der Waals surface area contributed by atoms with E-state index in [-0.39, 0.29) is 12.0 Å². The van der Waals surface area contributed by atoms with Gasteiger partial charge in [-0.3, -0.25) is 9.69 Å². The summed E-state index contributed by atoms with van der Waals surface area (Å²) in [7, 11) is 2.07. The second-order valence-corrected chi connectivity index (χ2v) is 7.35. The molecule has 106 valence electrons. The van der Waals surface area contributed by atoms with Crippen LogP contribution in [0.1, 0.15) is 43.4 Å². The lowest BCUT2D eigenvalue weighted by Crippen LogP contribution is -2.48. The molecule has 0 aliphatic heterocycles. The summed E-state index contributed by atoms with van der Waals surface area (Å²) < 4.78 is 1.11. The molecule has 0 unspecified atom stereocenters. The molecule has 1 heterocycles. The van der Waals surface area contributed by atoms with Crippen molar-refractivity contribution >= 4 is 33.2 Å². The van der Waals surface area contributed by atoms with E-state index >= 15 is 0 Å². The quantitative estimate of drug-likeness (QED) is 0.872. The van der Waals surface area contributed by atoms with Gasteiger partial charge in [-0.1, -0.05) is 19.3 Å². The standard InChI is InChI=1S/C14H20BrNO2S/c1-16(9-12-7-11(15)10-19-12)14(8-13(17)18)5-3-2-4-6-14/h7,10H,2-6,8-9H2,1H3,(H,17,18). The van der Waals surface area contributed by atoms with Crippen molar-refractivity contribution in [2.24, 2.45) is 0 Å². The van der Waals surface area contributed by atoms with Gasteiger partial charge in [-0.05, 0) is 41.9 Å². The summed E-state index contributed by atoms with van der Waals surface area (Å²) in [4.78, 5) is 14.7. The maximum atomic E-state index is 11.2. The predicted octanol–water partition coefficient (Wildman–Crippen LogP) is 4.12. The number of hydrogen-bond donors (Lipinski definition) is 1. The Morgan fingerprint density at radius 1 is 1.47 bits per heavy atom. The Bertz CT molecular complexity index is 440. The fraction of sp³-hybridized carbons (Fsp3) is 0.643. The molecule has 0 atom stereocenters. The topological polar surface area (TPSA) is 40.5 Å². The largest absolute Gasteiger partial charge is 0.481 e. The van der Waals surface area contributed by atoms with Crippen LogP contribution in [0, 0.1) is 0 Å². The number of carboxylic acids is 1. The van der Waals surface area contributed by atoms with Crippen LogP contribution in [-0.4, -0.2) is 28.6 Å². The van der Waals surface area contributed by atoms with E-state index < -0.39 is 5.97 Å². The molecule has 0 saturated heterocycles. The van der Waals surface area contributed by atoms with Crippen LogP contribution in [0.25, 0.3) is 0 Å². The molecule has 1 aliphatic rings. The second kappa shape index (κ2) is 6.37. The van der Waals surface area contributed by atoms with E-state index in [1.807, 2.05) is 0 Å². The molecule has 0 radical (unpaired) electrons. The number of hydrogen-bond acceptors (Lipinski definition) is 3. The molecule has 1 fully saturated rings. The summed E-state index contributed by atoms with van der Waals surface area (Å²) in [5, 5.41) is 11.3. The Morgan fingerprint density at radius 2 is 2.16 bits per heavy atom. The Labute approximate surface area is 126 Å². The van der Waals surface area contributed by atoms with Gasteiger partial charge in [0.15, 0.2) is 0 Å². The van der Waals surface area contributed by atoms with E-state index in [0.29, 0.717) is 0 Å². The van der Waals surface area contributed by atoms with Crippen molar-refractivity contribution in [2.75, 3.05) is 7.05 Å². The van der Waals surface area contributed by atoms with Crippen molar-refractivity contribution in [1.29, 1.82) is 0 Å². The minimum Gasteiger partial charge on any atom is -0.481 e. The highest BCUT2D eigenvalue weighted by Gasteiger charge is 2.38. The molecule has 0 bridgehead atoms. The van der Waals surface area contributed by atoms with Gasteiger partial charge in [0.1, 0.15) is 0 Å². The molecule has 1 aromatic heterocycles. The minimum absolute atomic E-state index is 0.152. The lowest BCUT2D eigenvalue weighted by Gasteiger charge is -2.43. The first kappa shape index (κ1) is 15.0. The molecular weight excluding hydrogens is 326 g/mol. The Balaban J connectivity index is 2.10. The van der Waals surface area contributed by atoms with Gasteiger partial charge >= 0.3 is 5.97 Å². The van der Waals surface area contributed by atoms with Gasteiger partial charge in [-0.15, -0.1) is 11.3 Å². The first-order chi connectivity index (χ1) is 9.02. The highest BCUT2D eigenvalue weighted by molar-refractivity contribution is 9.10. The summed E-state index contributed by atoms with van der Waals surface area (Å²) in [6.07, 6.45) is 5.79. The number of aliphatic carboxylic acids is 1. The van der Waals surface area contributed by atoms with Crippen LogP contribution in [0.2, 0.25) is 0 Å². The summed E-state index contributed by atoms with van der Waals surface area (Å²) >= 11 is 5.19. The van der Waals surface area contributed by atoms with E-state index in [1.165, 1.54) is 11.3 Å². The Hall–Kier alpha value is -0.390. The molecule has 19 heavy (non-hydrogen) atoms. The maximum Gasteiger partial charge on any atom is 0.305 e. The number of carboxylic acid groups (broad SMARTS) is 1. The average Bonchev–Trinajstić information content (AvgIpc) is 2.75. The zero-order valence-corrected chi connectivity index (χ0v) is 13.6. The van der Waals surface area contributed by atoms with E-state index in [2.05, 4.69) is 39.3 Å². The number of halogens is 1. The van der Waals surface area contributed by atoms with Crippen molar-refractivity contribution in [3.05, 3.63) is 20.8 Å². The third kappa shape index (κ3) is 3.80. The van der Waals surface area contributed by atoms with Crippen LogP contribution in [0.15, 0.2) is 15.9 Å². The highest BCUT2D eigenvalue weighted by Crippen LogP contribution is 2.37. The second-order valence-electron chi connectivity index (χ2n) is 5.44. The normalized spacial score (nSPS) is 18.7. The molecule has 1 N–H and O–H groups in total. The van der Waals surface area contributed by atoms with Gasteiger partial charge in [-0.25, -0.2) is 0 Å². The molecular formula is C14H20BrNO2S. The van der Waals surface area contributed by atoms with Gasteiger partial charge in [0, 0.05) is 26.8 Å². The van der Waals surface area contributed by atoms with Gasteiger partial charge in [0.2, 0.25) is 0 Å². The predicted molar refractivity (Wildman–Crippen MR) is 81.6 cm³/mol. The fourth-order valence-corrected chi connectivity index (χ4v) is 4.53. The summed E-state index contributed by atoms with van der Waals surface area (Å²) in [6.45, 7) is 0.837. The molecule has 0 spiro atoms. The third-order valence-electron chi connectivity index (χ3n) is 4.09. The molecule has 3 nitrogen and oxygen atoms in total. The zero-order chi connectivity index (χ0) is 13.9. The van der Waals surface area contributed by atoms with Crippen molar-refractivity contribution < 1.29 is 9.90 Å². The van der Waals surface area contributed by atoms with Gasteiger partial charge < -0.3 is 5.11 Å². The van der Waals surface area contributed by atoms with E-state index in [9.17, 15) is 9.90 Å². The number of rotatable bonds is 5. The molecule has 1 aliphatic carbocycles. The van der Waals surface area contributed by atoms with Crippen LogP contribution >= 0.6 is 27.3 Å². The van der Waals surface area contributed by atoms with Crippen LogP contribution < -0.4 is 0 Å². The first-order valence-electron chi connectivity index (χ1n) is 6.68.